The molecule has 0 saturated heterocycles. The molecule has 0 aliphatic carbocycles. The molecule has 0 atom stereocenters. The fourth-order valence-corrected chi connectivity index (χ4v) is 1.08. The zero-order valence-corrected chi connectivity index (χ0v) is 10.4. The highest BCUT2D eigenvalue weighted by molar-refractivity contribution is 4.46. The van der Waals surface area contributed by atoms with Crippen molar-refractivity contribution < 1.29 is 0 Å². The smallest absolute Gasteiger partial charge is 0.00102 e. The minimum atomic E-state index is 0.648. The van der Waals surface area contributed by atoms with Crippen LogP contribution in [0.3, 0.4) is 0 Å². The Labute approximate surface area is 84.7 Å². The summed E-state index contributed by atoms with van der Waals surface area (Å²) in [5.41, 5.74) is 0. The van der Waals surface area contributed by atoms with Crippen LogP contribution in [0.2, 0.25) is 0 Å². The predicted molar refractivity (Wildman–Crippen MR) is 62.3 cm³/mol. The summed E-state index contributed by atoms with van der Waals surface area (Å²) in [4.78, 5) is 2.38. The van der Waals surface area contributed by atoms with Crippen molar-refractivity contribution in [3.8, 4) is 0 Å². The molecule has 0 spiro atoms. The maximum Gasteiger partial charge on any atom is 0.00102 e. The highest BCUT2D eigenvalue weighted by atomic mass is 15.1. The van der Waals surface area contributed by atoms with Crippen molar-refractivity contribution in [2.24, 2.45) is 0 Å². The Morgan fingerprint density at radius 3 is 1.31 bits per heavy atom. The second-order valence-corrected chi connectivity index (χ2v) is 3.33. The van der Waals surface area contributed by atoms with E-state index < -0.39 is 0 Å². The van der Waals surface area contributed by atoms with Crippen LogP contribution in [-0.4, -0.2) is 37.1 Å². The van der Waals surface area contributed by atoms with E-state index in [0.29, 0.717) is 6.04 Å². The second kappa shape index (κ2) is 11.9. The van der Waals surface area contributed by atoms with Gasteiger partial charge >= 0.3 is 0 Å². The topological polar surface area (TPSA) is 15.3 Å². The molecule has 0 radical (unpaired) electrons. The molecule has 82 valence electrons. The van der Waals surface area contributed by atoms with Gasteiger partial charge in [-0.2, -0.15) is 0 Å². The van der Waals surface area contributed by atoms with Gasteiger partial charge in [0, 0.05) is 6.04 Å². The van der Waals surface area contributed by atoms with Crippen LogP contribution in [0.15, 0.2) is 0 Å². The van der Waals surface area contributed by atoms with Gasteiger partial charge in [0.15, 0.2) is 0 Å². The minimum absolute atomic E-state index is 0.648. The number of rotatable bonds is 5. The molecule has 0 bridgehead atoms. The molecule has 0 heterocycles. The maximum absolute atomic E-state index is 3.21. The first kappa shape index (κ1) is 15.4. The van der Waals surface area contributed by atoms with E-state index in [1.54, 1.807) is 0 Å². The second-order valence-electron chi connectivity index (χ2n) is 3.33. The Bertz CT molecular complexity index is 72.6. The lowest BCUT2D eigenvalue weighted by molar-refractivity contribution is 0.321. The van der Waals surface area contributed by atoms with E-state index in [1.165, 1.54) is 19.6 Å². The summed E-state index contributed by atoms with van der Waals surface area (Å²) >= 11 is 0. The van der Waals surface area contributed by atoms with Crippen LogP contribution >= 0.6 is 0 Å². The fraction of sp³-hybridized carbons (Fsp3) is 1.00. The lowest BCUT2D eigenvalue weighted by atomic mass is 10.4. The van der Waals surface area contributed by atoms with Crippen LogP contribution in [0, 0.1) is 0 Å². The van der Waals surface area contributed by atoms with Crippen LogP contribution < -0.4 is 5.32 Å². The summed E-state index contributed by atoms with van der Waals surface area (Å²) in [7, 11) is 0. The molecule has 0 aromatic heterocycles. The first-order chi connectivity index (χ1) is 6.12. The molecule has 1 N–H and O–H groups in total. The van der Waals surface area contributed by atoms with Crippen molar-refractivity contribution in [1.82, 2.24) is 10.2 Å². The normalized spacial score (nSPS) is 10.2. The zero-order chi connectivity index (χ0) is 10.7. The Balaban J connectivity index is 0. The molecule has 2 nitrogen and oxygen atoms in total. The van der Waals surface area contributed by atoms with Gasteiger partial charge in [-0.25, -0.2) is 0 Å². The largest absolute Gasteiger partial charge is 0.315 e. The summed E-state index contributed by atoms with van der Waals surface area (Å²) in [5.74, 6) is 0. The van der Waals surface area contributed by atoms with Gasteiger partial charge in [0.2, 0.25) is 0 Å². The first-order valence-corrected chi connectivity index (χ1v) is 5.57. The minimum Gasteiger partial charge on any atom is -0.315 e. The van der Waals surface area contributed by atoms with Crippen LogP contribution in [-0.2, 0) is 0 Å². The Kier molecular flexibility index (Phi) is 14.1. The molecule has 0 rings (SSSR count). The van der Waals surface area contributed by atoms with Gasteiger partial charge in [-0.05, 0) is 26.2 Å². The van der Waals surface area contributed by atoms with E-state index in [2.05, 4.69) is 51.8 Å². The van der Waals surface area contributed by atoms with Gasteiger partial charge in [0.1, 0.15) is 0 Å². The van der Waals surface area contributed by atoms with Gasteiger partial charge in [-0.1, -0.05) is 41.5 Å². The van der Waals surface area contributed by atoms with E-state index in [4.69, 9.17) is 0 Å². The molecule has 0 unspecified atom stereocenters. The Hall–Kier alpha value is -0.0800. The van der Waals surface area contributed by atoms with E-state index in [9.17, 15) is 0 Å². The summed E-state index contributed by atoms with van der Waals surface area (Å²) in [5, 5.41) is 3.21. The predicted octanol–water partition coefficient (Wildman–Crippen LogP) is 2.35. The summed E-state index contributed by atoms with van der Waals surface area (Å²) in [6, 6.07) is 0.648. The molecule has 0 amide bonds. The van der Waals surface area contributed by atoms with Crippen molar-refractivity contribution in [2.45, 2.75) is 47.6 Å². The van der Waals surface area contributed by atoms with E-state index >= 15 is 0 Å². The van der Waals surface area contributed by atoms with Crippen molar-refractivity contribution in [2.75, 3.05) is 26.2 Å². The lowest BCUT2D eigenvalue weighted by Gasteiger charge is -2.13. The molecule has 0 aromatic carbocycles. The average Bonchev–Trinajstić information content (AvgIpc) is 2.08. The molecular formula is C11H28N2. The van der Waals surface area contributed by atoms with Crippen molar-refractivity contribution in [3.05, 3.63) is 0 Å². The van der Waals surface area contributed by atoms with Gasteiger partial charge < -0.3 is 10.2 Å². The van der Waals surface area contributed by atoms with Crippen molar-refractivity contribution in [3.63, 3.8) is 0 Å². The highest BCUT2D eigenvalue weighted by Gasteiger charge is 1.89. The van der Waals surface area contributed by atoms with Crippen LogP contribution in [0.1, 0.15) is 41.5 Å². The monoisotopic (exact) mass is 188 g/mol. The third-order valence-corrected chi connectivity index (χ3v) is 1.95. The van der Waals surface area contributed by atoms with Crippen molar-refractivity contribution >= 4 is 0 Å². The van der Waals surface area contributed by atoms with E-state index in [0.717, 1.165) is 6.54 Å². The fourth-order valence-electron chi connectivity index (χ4n) is 1.08. The Morgan fingerprint density at radius 2 is 1.31 bits per heavy atom. The molecule has 0 aromatic rings. The van der Waals surface area contributed by atoms with Crippen LogP contribution in [0.5, 0.6) is 0 Å². The quantitative estimate of drug-likeness (QED) is 0.712. The first-order valence-electron chi connectivity index (χ1n) is 5.57. The third-order valence-electron chi connectivity index (χ3n) is 1.95. The average molecular weight is 188 g/mol. The summed E-state index contributed by atoms with van der Waals surface area (Å²) in [6.07, 6.45) is 0. The SMILES string of the molecule is CCN(CC)CC.CCNC(C)C. The van der Waals surface area contributed by atoms with Gasteiger partial charge in [-0.15, -0.1) is 0 Å². The van der Waals surface area contributed by atoms with E-state index in [1.807, 2.05) is 0 Å². The third kappa shape index (κ3) is 14.7. The standard InChI is InChI=1S/C6H15N.C5H13N/c1-4-7(5-2)6-3;1-4-6-5(2)3/h4-6H2,1-3H3;5-6H,4H2,1-3H3. The number of nitrogens with one attached hydrogen (secondary N) is 1. The van der Waals surface area contributed by atoms with Gasteiger partial charge in [0.05, 0.1) is 0 Å². The zero-order valence-electron chi connectivity index (χ0n) is 10.4. The van der Waals surface area contributed by atoms with Gasteiger partial charge in [-0.3, -0.25) is 0 Å². The molecule has 13 heavy (non-hydrogen) atoms. The molecule has 2 heteroatoms. The molecular weight excluding hydrogens is 160 g/mol. The molecule has 0 saturated carbocycles. The van der Waals surface area contributed by atoms with E-state index in [-0.39, 0.29) is 0 Å². The summed E-state index contributed by atoms with van der Waals surface area (Å²) in [6.45, 7) is 17.6. The molecule has 0 aliphatic rings. The van der Waals surface area contributed by atoms with Gasteiger partial charge in [0.25, 0.3) is 0 Å². The summed E-state index contributed by atoms with van der Waals surface area (Å²) < 4.78 is 0. The van der Waals surface area contributed by atoms with Crippen LogP contribution in [0.25, 0.3) is 0 Å². The molecule has 0 aliphatic heterocycles. The van der Waals surface area contributed by atoms with Crippen LogP contribution in [0.4, 0.5) is 0 Å². The molecule has 0 fully saturated rings. The highest BCUT2D eigenvalue weighted by Crippen LogP contribution is 1.81. The Morgan fingerprint density at radius 1 is 0.923 bits per heavy atom. The van der Waals surface area contributed by atoms with Crippen molar-refractivity contribution in [1.29, 1.82) is 0 Å². The number of hydrogen-bond donors (Lipinski definition) is 1. The number of nitrogens with zero attached hydrogens (tertiary/aromatic N) is 1. The lowest BCUT2D eigenvalue weighted by Crippen LogP contribution is -2.21. The maximum atomic E-state index is 3.21. The number of hydrogen-bond acceptors (Lipinski definition) is 2.